The second-order valence-electron chi connectivity index (χ2n) is 5.53. The Morgan fingerprint density at radius 2 is 1.77 bits per heavy atom. The summed E-state index contributed by atoms with van der Waals surface area (Å²) in [5, 5.41) is 1.02. The van der Waals surface area contributed by atoms with Gasteiger partial charge in [0, 0.05) is 0 Å². The van der Waals surface area contributed by atoms with Crippen molar-refractivity contribution in [2.45, 2.75) is 26.6 Å². The molecule has 0 saturated carbocycles. The SMILES string of the molecule is CC(C)Oc1ccc(Cl)cc1COC(=O)c1ccc(Cl)cc1[CH]=[Ru]([Cl])[Cl]. The van der Waals surface area contributed by atoms with E-state index in [4.69, 9.17) is 52.1 Å². The van der Waals surface area contributed by atoms with Gasteiger partial charge in [-0.25, -0.2) is 0 Å². The number of esters is 1. The molecular formula is C18H16Cl4O3Ru. The Morgan fingerprint density at radius 3 is 2.42 bits per heavy atom. The number of rotatable bonds is 6. The van der Waals surface area contributed by atoms with Crippen LogP contribution in [0.5, 0.6) is 5.75 Å². The van der Waals surface area contributed by atoms with Crippen molar-refractivity contribution in [3.05, 3.63) is 63.1 Å². The summed E-state index contributed by atoms with van der Waals surface area (Å²) < 4.78 is 12.8. The summed E-state index contributed by atoms with van der Waals surface area (Å²) in [6.45, 7) is 3.85. The van der Waals surface area contributed by atoms with Crippen molar-refractivity contribution in [3.8, 4) is 5.75 Å². The van der Waals surface area contributed by atoms with Crippen LogP contribution in [-0.4, -0.2) is 16.7 Å². The van der Waals surface area contributed by atoms with E-state index >= 15 is 0 Å². The van der Waals surface area contributed by atoms with Gasteiger partial charge in [-0.1, -0.05) is 0 Å². The number of halogens is 4. The Bertz CT molecular complexity index is 833. The third-order valence-corrected chi connectivity index (χ3v) is 5.47. The molecule has 0 aromatic heterocycles. The predicted octanol–water partition coefficient (Wildman–Crippen LogP) is 6.21. The van der Waals surface area contributed by atoms with Crippen molar-refractivity contribution in [2.75, 3.05) is 0 Å². The maximum absolute atomic E-state index is 12.5. The molecule has 0 spiro atoms. The Kier molecular flexibility index (Phi) is 8.38. The van der Waals surface area contributed by atoms with Crippen LogP contribution in [0.25, 0.3) is 0 Å². The first-order chi connectivity index (χ1) is 12.3. The van der Waals surface area contributed by atoms with Gasteiger partial charge in [0.25, 0.3) is 0 Å². The molecule has 142 valence electrons. The number of hydrogen-bond acceptors (Lipinski definition) is 3. The predicted molar refractivity (Wildman–Crippen MR) is 105 cm³/mol. The molecule has 0 fully saturated rings. The van der Waals surface area contributed by atoms with Gasteiger partial charge in [0.2, 0.25) is 0 Å². The normalized spacial score (nSPS) is 11.3. The van der Waals surface area contributed by atoms with Gasteiger partial charge in [-0.05, 0) is 0 Å². The third-order valence-electron chi connectivity index (χ3n) is 3.16. The summed E-state index contributed by atoms with van der Waals surface area (Å²) in [6.07, 6.45) is -0.0161. The Morgan fingerprint density at radius 1 is 1.12 bits per heavy atom. The molecule has 26 heavy (non-hydrogen) atoms. The minimum absolute atomic E-state index is 0.0161. The van der Waals surface area contributed by atoms with E-state index in [1.54, 1.807) is 41.0 Å². The first kappa shape index (κ1) is 21.7. The van der Waals surface area contributed by atoms with Crippen LogP contribution >= 0.6 is 42.6 Å². The summed E-state index contributed by atoms with van der Waals surface area (Å²) in [5.41, 5.74) is 1.60. The van der Waals surface area contributed by atoms with Crippen molar-refractivity contribution in [2.24, 2.45) is 0 Å². The molecule has 8 heteroatoms. The molecule has 0 aliphatic rings. The third kappa shape index (κ3) is 6.51. The van der Waals surface area contributed by atoms with E-state index in [0.717, 1.165) is 0 Å². The van der Waals surface area contributed by atoms with Crippen LogP contribution in [-0.2, 0) is 24.9 Å². The van der Waals surface area contributed by atoms with Crippen molar-refractivity contribution < 1.29 is 27.8 Å². The monoisotopic (exact) mass is 522 g/mol. The number of hydrogen-bond donors (Lipinski definition) is 0. The number of benzene rings is 2. The first-order valence-electron chi connectivity index (χ1n) is 7.51. The van der Waals surface area contributed by atoms with E-state index < -0.39 is 19.5 Å². The molecular weight excluding hydrogens is 507 g/mol. The molecule has 0 aliphatic heterocycles. The van der Waals surface area contributed by atoms with Crippen LogP contribution in [0, 0.1) is 0 Å². The van der Waals surface area contributed by atoms with E-state index in [1.807, 2.05) is 13.8 Å². The molecule has 0 amide bonds. The molecule has 0 bridgehead atoms. The average molecular weight is 523 g/mol. The molecule has 2 aromatic carbocycles. The van der Waals surface area contributed by atoms with Crippen LogP contribution < -0.4 is 4.74 Å². The fourth-order valence-electron chi connectivity index (χ4n) is 2.14. The maximum atomic E-state index is 12.5. The first-order valence-corrected chi connectivity index (χ1v) is 13.7. The molecule has 0 aliphatic carbocycles. The van der Waals surface area contributed by atoms with Gasteiger partial charge in [0.05, 0.1) is 0 Å². The van der Waals surface area contributed by atoms with Crippen LogP contribution in [0.4, 0.5) is 0 Å². The topological polar surface area (TPSA) is 35.5 Å². The van der Waals surface area contributed by atoms with Crippen molar-refractivity contribution in [1.29, 1.82) is 0 Å². The fraction of sp³-hybridized carbons (Fsp3) is 0.222. The van der Waals surface area contributed by atoms with Gasteiger partial charge < -0.3 is 0 Å². The van der Waals surface area contributed by atoms with E-state index in [-0.39, 0.29) is 12.7 Å². The van der Waals surface area contributed by atoms with E-state index in [0.29, 0.717) is 32.5 Å². The molecule has 0 unspecified atom stereocenters. The second kappa shape index (κ2) is 10.1. The van der Waals surface area contributed by atoms with Gasteiger partial charge in [-0.15, -0.1) is 0 Å². The Hall–Kier alpha value is -0.637. The molecule has 2 aromatic rings. The van der Waals surface area contributed by atoms with Gasteiger partial charge in [-0.3, -0.25) is 0 Å². The Balaban J connectivity index is 2.22. The van der Waals surface area contributed by atoms with E-state index in [2.05, 4.69) is 0 Å². The minimum atomic E-state index is -2.12. The molecule has 0 heterocycles. The van der Waals surface area contributed by atoms with E-state index in [9.17, 15) is 4.79 Å². The van der Waals surface area contributed by atoms with Crippen LogP contribution in [0.2, 0.25) is 10.0 Å². The van der Waals surface area contributed by atoms with Crippen LogP contribution in [0.1, 0.15) is 35.3 Å². The zero-order valence-corrected chi connectivity index (χ0v) is 18.7. The van der Waals surface area contributed by atoms with Crippen molar-refractivity contribution >= 4 is 53.2 Å². The summed E-state index contributed by atoms with van der Waals surface area (Å²) in [5.74, 6) is 0.112. The molecule has 2 rings (SSSR count). The van der Waals surface area contributed by atoms with Gasteiger partial charge in [-0.2, -0.15) is 0 Å². The zero-order chi connectivity index (χ0) is 19.3. The summed E-state index contributed by atoms with van der Waals surface area (Å²) in [6, 6.07) is 10.0. The fourth-order valence-corrected chi connectivity index (χ4v) is 4.32. The van der Waals surface area contributed by atoms with Crippen molar-refractivity contribution in [1.82, 2.24) is 0 Å². The second-order valence-corrected chi connectivity index (χ2v) is 12.1. The average Bonchev–Trinajstić information content (AvgIpc) is 2.54. The molecule has 0 atom stereocenters. The van der Waals surface area contributed by atoms with Gasteiger partial charge in [0.1, 0.15) is 0 Å². The number of ether oxygens (including phenoxy) is 2. The zero-order valence-electron chi connectivity index (χ0n) is 13.9. The number of carbonyl (C=O) groups excluding carboxylic acids is 1. The molecule has 0 saturated heterocycles. The van der Waals surface area contributed by atoms with E-state index in [1.165, 1.54) is 0 Å². The summed E-state index contributed by atoms with van der Waals surface area (Å²) >= 11 is 9.91. The standard InChI is InChI=1S/C18H16Cl2O3.2ClH.Ru/c1-11(2)23-17-7-5-15(20)9-13(17)10-22-18(21)16-6-4-14(19)8-12(16)3;;;/h3-9,11H,10H2,1-2H3;2*1H;/q;;;+2/p-2. The molecule has 0 N–H and O–H groups in total. The van der Waals surface area contributed by atoms with Crippen LogP contribution in [0.15, 0.2) is 36.4 Å². The Labute approximate surface area is 175 Å². The summed E-state index contributed by atoms with van der Waals surface area (Å²) in [4.78, 5) is 12.5. The van der Waals surface area contributed by atoms with Crippen molar-refractivity contribution in [3.63, 3.8) is 0 Å². The van der Waals surface area contributed by atoms with Crippen LogP contribution in [0.3, 0.4) is 0 Å². The molecule has 3 nitrogen and oxygen atoms in total. The quantitative estimate of drug-likeness (QED) is 0.334. The summed E-state index contributed by atoms with van der Waals surface area (Å²) in [7, 11) is 11.9. The van der Waals surface area contributed by atoms with Gasteiger partial charge in [0.15, 0.2) is 0 Å². The number of carbonyl (C=O) groups is 1. The molecule has 0 radical (unpaired) electrons. The van der Waals surface area contributed by atoms with Gasteiger partial charge >= 0.3 is 176 Å².